The molecule has 5 nitrogen and oxygen atoms in total. The van der Waals surface area contributed by atoms with Gasteiger partial charge >= 0.3 is 0 Å². The monoisotopic (exact) mass is 332 g/mol. The van der Waals surface area contributed by atoms with Crippen LogP contribution in [0.1, 0.15) is 6.92 Å². The third kappa shape index (κ3) is 4.47. The lowest BCUT2D eigenvalue weighted by Crippen LogP contribution is -2.36. The highest BCUT2D eigenvalue weighted by molar-refractivity contribution is 6.33. The maximum Gasteiger partial charge on any atom is 0.244 e. The van der Waals surface area contributed by atoms with Crippen LogP contribution in [0.2, 0.25) is 5.02 Å². The van der Waals surface area contributed by atoms with Crippen molar-refractivity contribution >= 4 is 34.8 Å². The van der Waals surface area contributed by atoms with Crippen molar-refractivity contribution in [3.8, 4) is 5.75 Å². The van der Waals surface area contributed by atoms with Crippen LogP contribution in [0.25, 0.3) is 0 Å². The Labute approximate surface area is 139 Å². The number of nitrogens with zero attached hydrogens (tertiary/aromatic N) is 1. The third-order valence-electron chi connectivity index (χ3n) is 3.19. The van der Waals surface area contributed by atoms with E-state index in [9.17, 15) is 9.59 Å². The van der Waals surface area contributed by atoms with Crippen LogP contribution >= 0.6 is 11.6 Å². The van der Waals surface area contributed by atoms with Crippen molar-refractivity contribution in [1.29, 1.82) is 0 Å². The van der Waals surface area contributed by atoms with Crippen LogP contribution in [-0.4, -0.2) is 25.5 Å². The van der Waals surface area contributed by atoms with E-state index in [0.29, 0.717) is 22.1 Å². The van der Waals surface area contributed by atoms with Crippen molar-refractivity contribution in [1.82, 2.24) is 0 Å². The van der Waals surface area contributed by atoms with E-state index in [2.05, 4.69) is 5.32 Å². The van der Waals surface area contributed by atoms with Gasteiger partial charge in [-0.3, -0.25) is 9.59 Å². The number of hydrogen-bond donors (Lipinski definition) is 1. The Morgan fingerprint density at radius 3 is 2.57 bits per heavy atom. The highest BCUT2D eigenvalue weighted by Crippen LogP contribution is 2.22. The van der Waals surface area contributed by atoms with Gasteiger partial charge in [0.25, 0.3) is 0 Å². The Morgan fingerprint density at radius 2 is 1.91 bits per heavy atom. The van der Waals surface area contributed by atoms with Gasteiger partial charge in [-0.15, -0.1) is 0 Å². The number of carbonyl (C=O) groups excluding carboxylic acids is 2. The lowest BCUT2D eigenvalue weighted by molar-refractivity contribution is -0.120. The van der Waals surface area contributed by atoms with Crippen molar-refractivity contribution in [3.63, 3.8) is 0 Å². The summed E-state index contributed by atoms with van der Waals surface area (Å²) in [4.78, 5) is 25.5. The van der Waals surface area contributed by atoms with Crippen molar-refractivity contribution in [3.05, 3.63) is 53.6 Å². The van der Waals surface area contributed by atoms with Gasteiger partial charge in [0.2, 0.25) is 11.8 Å². The average molecular weight is 333 g/mol. The van der Waals surface area contributed by atoms with E-state index >= 15 is 0 Å². The molecule has 0 saturated carbocycles. The lowest BCUT2D eigenvalue weighted by atomic mass is 10.2. The molecule has 0 fully saturated rings. The minimum atomic E-state index is -0.337. The molecule has 0 aliphatic carbocycles. The Morgan fingerprint density at radius 1 is 1.17 bits per heavy atom. The van der Waals surface area contributed by atoms with Crippen molar-refractivity contribution < 1.29 is 14.3 Å². The second kappa shape index (κ2) is 7.65. The number of anilines is 2. The van der Waals surface area contributed by atoms with Gasteiger partial charge in [-0.2, -0.15) is 0 Å². The molecule has 6 heteroatoms. The molecule has 2 aromatic rings. The van der Waals surface area contributed by atoms with E-state index < -0.39 is 0 Å². The lowest BCUT2D eigenvalue weighted by Gasteiger charge is -2.21. The summed E-state index contributed by atoms with van der Waals surface area (Å²) in [6, 6.07) is 13.9. The molecule has 0 bridgehead atoms. The number of benzene rings is 2. The molecule has 0 saturated heterocycles. The molecule has 0 atom stereocenters. The fraction of sp³-hybridized carbons (Fsp3) is 0.176. The predicted octanol–water partition coefficient (Wildman–Crippen LogP) is 3.34. The second-order valence-corrected chi connectivity index (χ2v) is 5.24. The van der Waals surface area contributed by atoms with Crippen LogP contribution in [0.5, 0.6) is 5.75 Å². The topological polar surface area (TPSA) is 58.6 Å². The van der Waals surface area contributed by atoms with E-state index in [4.69, 9.17) is 16.3 Å². The summed E-state index contributed by atoms with van der Waals surface area (Å²) >= 11 is 6.01. The molecule has 2 rings (SSSR count). The fourth-order valence-corrected chi connectivity index (χ4v) is 2.24. The molecule has 0 radical (unpaired) electrons. The van der Waals surface area contributed by atoms with Gasteiger partial charge in [-0.1, -0.05) is 29.8 Å². The minimum absolute atomic E-state index is 0.117. The van der Waals surface area contributed by atoms with Crippen LogP contribution in [0.3, 0.4) is 0 Å². The van der Waals surface area contributed by atoms with E-state index in [-0.39, 0.29) is 18.4 Å². The largest absolute Gasteiger partial charge is 0.497 e. The normalized spacial score (nSPS) is 10.0. The zero-order valence-corrected chi connectivity index (χ0v) is 13.6. The molecule has 2 amide bonds. The SMILES string of the molecule is COc1cccc(N(CC(=O)Nc2ccccc2Cl)C(C)=O)c1. The molecule has 2 aromatic carbocycles. The Hall–Kier alpha value is -2.53. The molecule has 0 aromatic heterocycles. The maximum absolute atomic E-state index is 12.2. The summed E-state index contributed by atoms with van der Waals surface area (Å²) in [5.74, 6) is 0.0314. The van der Waals surface area contributed by atoms with Crippen LogP contribution in [-0.2, 0) is 9.59 Å². The number of halogens is 1. The van der Waals surface area contributed by atoms with Gasteiger partial charge in [0.05, 0.1) is 17.8 Å². The number of para-hydroxylation sites is 1. The van der Waals surface area contributed by atoms with E-state index in [0.717, 1.165) is 0 Å². The molecule has 0 aliphatic heterocycles. The standard InChI is InChI=1S/C17H17ClN2O3/c1-12(21)20(13-6-5-7-14(10-13)23-2)11-17(22)19-16-9-4-3-8-15(16)18/h3-10H,11H2,1-2H3,(H,19,22). The van der Waals surface area contributed by atoms with E-state index in [1.54, 1.807) is 55.6 Å². The van der Waals surface area contributed by atoms with Gasteiger partial charge in [0.15, 0.2) is 0 Å². The van der Waals surface area contributed by atoms with Crippen molar-refractivity contribution in [2.45, 2.75) is 6.92 Å². The molecule has 1 N–H and O–H groups in total. The number of nitrogens with one attached hydrogen (secondary N) is 1. The molecule has 0 heterocycles. The quantitative estimate of drug-likeness (QED) is 0.913. The highest BCUT2D eigenvalue weighted by atomic mass is 35.5. The number of methoxy groups -OCH3 is 1. The van der Waals surface area contributed by atoms with Crippen LogP contribution in [0.4, 0.5) is 11.4 Å². The first-order valence-electron chi connectivity index (χ1n) is 6.98. The van der Waals surface area contributed by atoms with Crippen LogP contribution in [0.15, 0.2) is 48.5 Å². The molecule has 0 spiro atoms. The number of carbonyl (C=O) groups is 2. The summed E-state index contributed by atoms with van der Waals surface area (Å²) in [6.07, 6.45) is 0. The first kappa shape index (κ1) is 16.8. The third-order valence-corrected chi connectivity index (χ3v) is 3.52. The first-order chi connectivity index (χ1) is 11.0. The van der Waals surface area contributed by atoms with Crippen LogP contribution < -0.4 is 15.0 Å². The summed E-state index contributed by atoms with van der Waals surface area (Å²) in [5.41, 5.74) is 1.10. The predicted molar refractivity (Wildman–Crippen MR) is 91.1 cm³/mol. The summed E-state index contributed by atoms with van der Waals surface area (Å²) < 4.78 is 5.15. The van der Waals surface area contributed by atoms with Gasteiger partial charge in [-0.25, -0.2) is 0 Å². The molecular formula is C17H17ClN2O3. The summed E-state index contributed by atoms with van der Waals surface area (Å²) in [5, 5.41) is 3.14. The maximum atomic E-state index is 12.2. The summed E-state index contributed by atoms with van der Waals surface area (Å²) in [7, 11) is 1.54. The Balaban J connectivity index is 2.14. The van der Waals surface area contributed by atoms with Gasteiger partial charge < -0.3 is 15.0 Å². The number of ether oxygens (including phenoxy) is 1. The molecule has 23 heavy (non-hydrogen) atoms. The van der Waals surface area contributed by atoms with E-state index in [1.807, 2.05) is 0 Å². The summed E-state index contributed by atoms with van der Waals surface area (Å²) in [6.45, 7) is 1.29. The molecule has 120 valence electrons. The zero-order chi connectivity index (χ0) is 16.8. The van der Waals surface area contributed by atoms with Gasteiger partial charge in [0, 0.05) is 18.7 Å². The Bertz CT molecular complexity index is 718. The smallest absolute Gasteiger partial charge is 0.244 e. The highest BCUT2D eigenvalue weighted by Gasteiger charge is 2.17. The van der Waals surface area contributed by atoms with Crippen molar-refractivity contribution in [2.24, 2.45) is 0 Å². The molecular weight excluding hydrogens is 316 g/mol. The number of hydrogen-bond acceptors (Lipinski definition) is 3. The number of amides is 2. The zero-order valence-electron chi connectivity index (χ0n) is 12.9. The second-order valence-electron chi connectivity index (χ2n) is 4.83. The fourth-order valence-electron chi connectivity index (χ4n) is 2.06. The molecule has 0 aliphatic rings. The average Bonchev–Trinajstić information content (AvgIpc) is 2.54. The van der Waals surface area contributed by atoms with Crippen LogP contribution in [0, 0.1) is 0 Å². The molecule has 0 unspecified atom stereocenters. The van der Waals surface area contributed by atoms with E-state index in [1.165, 1.54) is 11.8 Å². The first-order valence-corrected chi connectivity index (χ1v) is 7.35. The number of rotatable bonds is 5. The van der Waals surface area contributed by atoms with Gasteiger partial charge in [0.1, 0.15) is 12.3 Å². The van der Waals surface area contributed by atoms with Crippen molar-refractivity contribution in [2.75, 3.05) is 23.9 Å². The Kier molecular flexibility index (Phi) is 5.60. The minimum Gasteiger partial charge on any atom is -0.497 e. The van der Waals surface area contributed by atoms with Gasteiger partial charge in [-0.05, 0) is 24.3 Å².